The van der Waals surface area contributed by atoms with Gasteiger partial charge in [-0.25, -0.2) is 8.42 Å². The highest BCUT2D eigenvalue weighted by molar-refractivity contribution is 7.91. The molecular weight excluding hydrogens is 262 g/mol. The predicted molar refractivity (Wildman–Crippen MR) is 76.9 cm³/mol. The van der Waals surface area contributed by atoms with E-state index in [2.05, 4.69) is 11.9 Å². The van der Waals surface area contributed by atoms with Crippen molar-refractivity contribution in [3.63, 3.8) is 0 Å². The second-order valence-corrected chi connectivity index (χ2v) is 6.98. The number of nitrogens with zero attached hydrogens (tertiary/aromatic N) is 1. The third-order valence-corrected chi connectivity index (χ3v) is 4.75. The van der Waals surface area contributed by atoms with Crippen molar-refractivity contribution in [1.82, 2.24) is 0 Å². The Morgan fingerprint density at radius 1 is 1.37 bits per heavy atom. The van der Waals surface area contributed by atoms with Gasteiger partial charge >= 0.3 is 0 Å². The van der Waals surface area contributed by atoms with Crippen LogP contribution in [-0.4, -0.2) is 38.8 Å². The Balaban J connectivity index is 1.92. The van der Waals surface area contributed by atoms with Gasteiger partial charge in [0, 0.05) is 6.21 Å². The van der Waals surface area contributed by atoms with E-state index in [1.807, 2.05) is 24.3 Å². The zero-order valence-corrected chi connectivity index (χ0v) is 11.9. The summed E-state index contributed by atoms with van der Waals surface area (Å²) in [6, 6.07) is 7.58. The molecule has 0 bridgehead atoms. The maximum Gasteiger partial charge on any atom is 0.152 e. The lowest BCUT2D eigenvalue weighted by Gasteiger charge is -2.04. The molecule has 19 heavy (non-hydrogen) atoms. The van der Waals surface area contributed by atoms with Gasteiger partial charge in [-0.3, -0.25) is 4.99 Å². The minimum Gasteiger partial charge on any atom is -0.494 e. The third kappa shape index (κ3) is 4.35. The molecule has 0 amide bonds. The van der Waals surface area contributed by atoms with Crippen molar-refractivity contribution in [2.75, 3.05) is 18.1 Å². The zero-order chi connectivity index (χ0) is 13.7. The van der Waals surface area contributed by atoms with Crippen molar-refractivity contribution < 1.29 is 13.2 Å². The molecule has 1 fully saturated rings. The summed E-state index contributed by atoms with van der Waals surface area (Å²) in [5, 5.41) is 0. The largest absolute Gasteiger partial charge is 0.494 e. The van der Waals surface area contributed by atoms with E-state index in [9.17, 15) is 8.42 Å². The summed E-state index contributed by atoms with van der Waals surface area (Å²) in [6.45, 7) is 2.78. The predicted octanol–water partition coefficient (Wildman–Crippen LogP) is 2.08. The number of rotatable bonds is 5. The fourth-order valence-corrected chi connectivity index (χ4v) is 3.59. The topological polar surface area (TPSA) is 55.7 Å². The lowest BCUT2D eigenvalue weighted by Crippen LogP contribution is -2.07. The van der Waals surface area contributed by atoms with Gasteiger partial charge in [0.15, 0.2) is 9.84 Å². The smallest absolute Gasteiger partial charge is 0.152 e. The lowest BCUT2D eigenvalue weighted by molar-refractivity contribution is 0.317. The number of aliphatic imine (C=N–C) groups is 1. The van der Waals surface area contributed by atoms with Crippen LogP contribution in [0.3, 0.4) is 0 Å². The van der Waals surface area contributed by atoms with Crippen LogP contribution >= 0.6 is 0 Å². The Kier molecular flexibility index (Phi) is 4.58. The molecule has 1 saturated heterocycles. The molecule has 0 saturated carbocycles. The molecule has 1 aliphatic rings. The molecule has 0 aromatic heterocycles. The van der Waals surface area contributed by atoms with E-state index in [4.69, 9.17) is 4.74 Å². The summed E-state index contributed by atoms with van der Waals surface area (Å²) in [6.07, 6.45) is 3.37. The minimum absolute atomic E-state index is 0.0824. The van der Waals surface area contributed by atoms with Crippen LogP contribution in [0.1, 0.15) is 25.3 Å². The summed E-state index contributed by atoms with van der Waals surface area (Å²) < 4.78 is 28.1. The summed E-state index contributed by atoms with van der Waals surface area (Å²) >= 11 is 0. The first-order valence-electron chi connectivity index (χ1n) is 6.55. The van der Waals surface area contributed by atoms with Crippen molar-refractivity contribution >= 4 is 16.1 Å². The Morgan fingerprint density at radius 2 is 2.11 bits per heavy atom. The molecule has 1 aliphatic heterocycles. The Hall–Kier alpha value is -1.36. The van der Waals surface area contributed by atoms with E-state index in [1.54, 1.807) is 6.21 Å². The van der Waals surface area contributed by atoms with Gasteiger partial charge in [0.2, 0.25) is 0 Å². The maximum atomic E-state index is 11.3. The summed E-state index contributed by atoms with van der Waals surface area (Å²) in [5.74, 6) is 1.29. The quantitative estimate of drug-likeness (QED) is 0.776. The Bertz CT molecular complexity index is 534. The fourth-order valence-electron chi connectivity index (χ4n) is 1.95. The average Bonchev–Trinajstić information content (AvgIpc) is 2.75. The molecule has 1 heterocycles. The van der Waals surface area contributed by atoms with Gasteiger partial charge < -0.3 is 4.74 Å². The van der Waals surface area contributed by atoms with E-state index in [0.717, 1.165) is 17.7 Å². The van der Waals surface area contributed by atoms with Crippen LogP contribution in [0, 0.1) is 0 Å². The zero-order valence-electron chi connectivity index (χ0n) is 11.1. The normalized spacial score (nSPS) is 21.8. The van der Waals surface area contributed by atoms with Crippen molar-refractivity contribution in [3.05, 3.63) is 29.8 Å². The van der Waals surface area contributed by atoms with E-state index in [0.29, 0.717) is 13.0 Å². The van der Waals surface area contributed by atoms with Gasteiger partial charge in [-0.15, -0.1) is 0 Å². The fraction of sp³-hybridized carbons (Fsp3) is 0.500. The number of hydrogen-bond donors (Lipinski definition) is 0. The average molecular weight is 281 g/mol. The van der Waals surface area contributed by atoms with Crippen LogP contribution in [0.15, 0.2) is 29.3 Å². The second-order valence-electron chi connectivity index (χ2n) is 4.75. The van der Waals surface area contributed by atoms with E-state index in [1.165, 1.54) is 0 Å². The molecule has 0 spiro atoms. The molecule has 0 N–H and O–H groups in total. The molecule has 0 radical (unpaired) electrons. The first-order chi connectivity index (χ1) is 9.09. The number of sulfone groups is 1. The van der Waals surface area contributed by atoms with E-state index < -0.39 is 9.84 Å². The van der Waals surface area contributed by atoms with Crippen molar-refractivity contribution in [2.24, 2.45) is 4.99 Å². The van der Waals surface area contributed by atoms with Gasteiger partial charge in [0.05, 0.1) is 24.2 Å². The second kappa shape index (κ2) is 6.19. The number of benzene rings is 1. The van der Waals surface area contributed by atoms with Crippen LogP contribution in [0.2, 0.25) is 0 Å². The van der Waals surface area contributed by atoms with E-state index >= 15 is 0 Å². The van der Waals surface area contributed by atoms with E-state index in [-0.39, 0.29) is 17.5 Å². The van der Waals surface area contributed by atoms with Crippen molar-refractivity contribution in [1.29, 1.82) is 0 Å². The molecule has 0 aliphatic carbocycles. The number of hydrogen-bond acceptors (Lipinski definition) is 4. The lowest BCUT2D eigenvalue weighted by atomic mass is 10.2. The van der Waals surface area contributed by atoms with Crippen LogP contribution in [0.25, 0.3) is 0 Å². The Morgan fingerprint density at radius 3 is 2.68 bits per heavy atom. The summed E-state index contributed by atoms with van der Waals surface area (Å²) in [4.78, 5) is 4.34. The van der Waals surface area contributed by atoms with Crippen LogP contribution in [-0.2, 0) is 9.84 Å². The van der Waals surface area contributed by atoms with Gasteiger partial charge in [0.1, 0.15) is 5.75 Å². The minimum atomic E-state index is -2.85. The summed E-state index contributed by atoms with van der Waals surface area (Å²) in [5.41, 5.74) is 0.966. The number of ether oxygens (including phenoxy) is 1. The molecule has 1 aromatic carbocycles. The molecular formula is C14H19NO3S. The van der Waals surface area contributed by atoms with Crippen LogP contribution in [0.4, 0.5) is 0 Å². The molecule has 1 aromatic rings. The van der Waals surface area contributed by atoms with Gasteiger partial charge in [-0.1, -0.05) is 6.92 Å². The Labute approximate surface area is 114 Å². The SMILES string of the molecule is CCCOc1ccc(C=N[C@H]2CCS(=O)(=O)C2)cc1. The molecule has 4 nitrogen and oxygen atoms in total. The van der Waals surface area contributed by atoms with Gasteiger partial charge in [0.25, 0.3) is 0 Å². The van der Waals surface area contributed by atoms with Gasteiger partial charge in [-0.2, -0.15) is 0 Å². The molecule has 5 heteroatoms. The van der Waals surface area contributed by atoms with Crippen LogP contribution in [0.5, 0.6) is 5.75 Å². The van der Waals surface area contributed by atoms with Crippen molar-refractivity contribution in [2.45, 2.75) is 25.8 Å². The maximum absolute atomic E-state index is 11.3. The standard InChI is InChI=1S/C14H19NO3S/c1-2-8-18-14-5-3-12(4-6-14)10-15-13-7-9-19(16,17)11-13/h3-6,10,13H,2,7-9,11H2,1H3/t13-/m0/s1. The highest BCUT2D eigenvalue weighted by Gasteiger charge is 2.26. The monoisotopic (exact) mass is 281 g/mol. The first kappa shape index (κ1) is 14.1. The molecule has 104 valence electrons. The summed E-state index contributed by atoms with van der Waals surface area (Å²) in [7, 11) is -2.85. The highest BCUT2D eigenvalue weighted by Crippen LogP contribution is 2.15. The molecule has 0 unspecified atom stereocenters. The van der Waals surface area contributed by atoms with Crippen molar-refractivity contribution in [3.8, 4) is 5.75 Å². The van der Waals surface area contributed by atoms with Crippen LogP contribution < -0.4 is 4.74 Å². The first-order valence-corrected chi connectivity index (χ1v) is 8.37. The highest BCUT2D eigenvalue weighted by atomic mass is 32.2. The third-order valence-electron chi connectivity index (χ3n) is 3.00. The molecule has 1 atom stereocenters. The van der Waals surface area contributed by atoms with Gasteiger partial charge in [-0.05, 0) is 42.7 Å². The molecule has 2 rings (SSSR count).